The van der Waals surface area contributed by atoms with E-state index in [1.165, 1.54) is 33.5 Å². The molecule has 0 atom stereocenters. The Labute approximate surface area is 156 Å². The lowest BCUT2D eigenvalue weighted by molar-refractivity contribution is -0.116. The second-order valence-corrected chi connectivity index (χ2v) is 7.61. The standard InChI is InChI=1S/C18H22N6OS/c1-11(2)13-5-6-14(15(7-13)12(3)4)16-9-26-18(20-16)21-17(25)8-24-10-19-22-23-24/h5-7,9-12H,8H2,1-4H3,(H,20,21,25). The zero-order chi connectivity index (χ0) is 18.7. The molecule has 0 saturated heterocycles. The molecule has 3 aromatic rings. The van der Waals surface area contributed by atoms with E-state index in [9.17, 15) is 4.79 Å². The molecule has 2 heterocycles. The maximum absolute atomic E-state index is 12.1. The first-order valence-corrected chi connectivity index (χ1v) is 9.42. The predicted octanol–water partition coefficient (Wildman–Crippen LogP) is 3.68. The van der Waals surface area contributed by atoms with Gasteiger partial charge in [-0.15, -0.1) is 16.4 Å². The molecule has 0 fully saturated rings. The van der Waals surface area contributed by atoms with Crippen molar-refractivity contribution in [3.8, 4) is 11.3 Å². The summed E-state index contributed by atoms with van der Waals surface area (Å²) in [7, 11) is 0. The van der Waals surface area contributed by atoms with E-state index in [2.05, 4.69) is 71.7 Å². The van der Waals surface area contributed by atoms with Gasteiger partial charge in [-0.25, -0.2) is 9.67 Å². The lowest BCUT2D eigenvalue weighted by Gasteiger charge is -2.15. The molecule has 2 aromatic heterocycles. The van der Waals surface area contributed by atoms with E-state index < -0.39 is 0 Å². The highest BCUT2D eigenvalue weighted by atomic mass is 32.1. The van der Waals surface area contributed by atoms with Crippen LogP contribution in [0.4, 0.5) is 5.13 Å². The van der Waals surface area contributed by atoms with Crippen LogP contribution in [0.15, 0.2) is 29.9 Å². The number of aromatic nitrogens is 5. The van der Waals surface area contributed by atoms with Crippen LogP contribution in [0.3, 0.4) is 0 Å². The Morgan fingerprint density at radius 3 is 2.69 bits per heavy atom. The Hall–Kier alpha value is -2.61. The summed E-state index contributed by atoms with van der Waals surface area (Å²) in [6.07, 6.45) is 1.40. The molecule has 0 radical (unpaired) electrons. The largest absolute Gasteiger partial charge is 0.300 e. The fourth-order valence-corrected chi connectivity index (χ4v) is 3.39. The van der Waals surface area contributed by atoms with Gasteiger partial charge in [-0.3, -0.25) is 4.79 Å². The van der Waals surface area contributed by atoms with Crippen molar-refractivity contribution < 1.29 is 4.79 Å². The predicted molar refractivity (Wildman–Crippen MR) is 102 cm³/mol. The van der Waals surface area contributed by atoms with Gasteiger partial charge in [0, 0.05) is 10.9 Å². The first kappa shape index (κ1) is 18.2. The molecule has 0 aliphatic rings. The van der Waals surface area contributed by atoms with E-state index in [0.717, 1.165) is 11.3 Å². The van der Waals surface area contributed by atoms with Gasteiger partial charge < -0.3 is 5.32 Å². The molecule has 0 saturated carbocycles. The molecule has 0 aliphatic carbocycles. The summed E-state index contributed by atoms with van der Waals surface area (Å²) < 4.78 is 1.37. The number of hydrogen-bond acceptors (Lipinski definition) is 6. The summed E-state index contributed by atoms with van der Waals surface area (Å²) in [6, 6.07) is 6.55. The fraction of sp³-hybridized carbons (Fsp3) is 0.389. The van der Waals surface area contributed by atoms with Gasteiger partial charge in [-0.2, -0.15) is 0 Å². The topological polar surface area (TPSA) is 85.6 Å². The highest BCUT2D eigenvalue weighted by Gasteiger charge is 2.15. The third-order valence-electron chi connectivity index (χ3n) is 4.09. The monoisotopic (exact) mass is 370 g/mol. The third-order valence-corrected chi connectivity index (χ3v) is 4.85. The van der Waals surface area contributed by atoms with Crippen LogP contribution >= 0.6 is 11.3 Å². The van der Waals surface area contributed by atoms with Crippen molar-refractivity contribution >= 4 is 22.4 Å². The van der Waals surface area contributed by atoms with Crippen molar-refractivity contribution in [1.29, 1.82) is 0 Å². The zero-order valence-corrected chi connectivity index (χ0v) is 16.1. The maximum atomic E-state index is 12.1. The van der Waals surface area contributed by atoms with Crippen LogP contribution in [-0.2, 0) is 11.3 Å². The summed E-state index contributed by atoms with van der Waals surface area (Å²) in [5.41, 5.74) is 4.59. The molecular formula is C18H22N6OS. The second kappa shape index (κ2) is 7.74. The van der Waals surface area contributed by atoms with Crippen molar-refractivity contribution in [2.75, 3.05) is 5.32 Å². The summed E-state index contributed by atoms with van der Waals surface area (Å²) in [6.45, 7) is 8.82. The van der Waals surface area contributed by atoms with Gasteiger partial charge in [-0.05, 0) is 33.4 Å². The highest BCUT2D eigenvalue weighted by Crippen LogP contribution is 2.33. The van der Waals surface area contributed by atoms with Crippen LogP contribution in [0, 0.1) is 0 Å². The second-order valence-electron chi connectivity index (χ2n) is 6.75. The molecule has 26 heavy (non-hydrogen) atoms. The molecule has 136 valence electrons. The lowest BCUT2D eigenvalue weighted by atomic mass is 9.90. The molecule has 0 aliphatic heterocycles. The van der Waals surface area contributed by atoms with E-state index in [-0.39, 0.29) is 12.5 Å². The minimum Gasteiger partial charge on any atom is -0.300 e. The Morgan fingerprint density at radius 2 is 2.04 bits per heavy atom. The summed E-state index contributed by atoms with van der Waals surface area (Å²) >= 11 is 1.41. The molecular weight excluding hydrogens is 348 g/mol. The van der Waals surface area contributed by atoms with Crippen molar-refractivity contribution in [3.05, 3.63) is 41.0 Å². The number of thiazole rings is 1. The van der Waals surface area contributed by atoms with Gasteiger partial charge in [0.05, 0.1) is 5.69 Å². The fourth-order valence-electron chi connectivity index (χ4n) is 2.66. The first-order valence-electron chi connectivity index (χ1n) is 8.54. The summed E-state index contributed by atoms with van der Waals surface area (Å²) in [4.78, 5) is 16.7. The number of tetrazole rings is 1. The molecule has 3 rings (SSSR count). The number of anilines is 1. The average molecular weight is 370 g/mol. The number of carbonyl (C=O) groups is 1. The van der Waals surface area contributed by atoms with Crippen molar-refractivity contribution in [2.45, 2.75) is 46.1 Å². The van der Waals surface area contributed by atoms with E-state index in [4.69, 9.17) is 0 Å². The molecule has 1 aromatic carbocycles. The Kier molecular flexibility index (Phi) is 5.41. The summed E-state index contributed by atoms with van der Waals surface area (Å²) in [5.74, 6) is 0.666. The van der Waals surface area contributed by atoms with Crippen molar-refractivity contribution in [1.82, 2.24) is 25.2 Å². The SMILES string of the molecule is CC(C)c1ccc(-c2csc(NC(=O)Cn3cnnn3)n2)c(C(C)C)c1. The Morgan fingerprint density at radius 1 is 1.23 bits per heavy atom. The van der Waals surface area contributed by atoms with Gasteiger partial charge in [0.15, 0.2) is 5.13 Å². The van der Waals surface area contributed by atoms with Gasteiger partial charge in [-0.1, -0.05) is 45.9 Å². The minimum absolute atomic E-state index is 0.0578. The Bertz CT molecular complexity index is 885. The van der Waals surface area contributed by atoms with Crippen LogP contribution in [0.25, 0.3) is 11.3 Å². The lowest BCUT2D eigenvalue weighted by Crippen LogP contribution is -2.19. The quantitative estimate of drug-likeness (QED) is 0.715. The van der Waals surface area contributed by atoms with Gasteiger partial charge in [0.2, 0.25) is 5.91 Å². The number of amides is 1. The number of rotatable bonds is 6. The smallest absolute Gasteiger partial charge is 0.248 e. The molecule has 8 heteroatoms. The molecule has 0 bridgehead atoms. The maximum Gasteiger partial charge on any atom is 0.248 e. The molecule has 0 unspecified atom stereocenters. The third kappa shape index (κ3) is 4.13. The van der Waals surface area contributed by atoms with Gasteiger partial charge in [0.25, 0.3) is 0 Å². The average Bonchev–Trinajstić information content (AvgIpc) is 3.26. The number of carbonyl (C=O) groups excluding carboxylic acids is 1. The van der Waals surface area contributed by atoms with Crippen LogP contribution in [0.5, 0.6) is 0 Å². The van der Waals surface area contributed by atoms with Crippen LogP contribution < -0.4 is 5.32 Å². The number of nitrogens with one attached hydrogen (secondary N) is 1. The molecule has 0 spiro atoms. The summed E-state index contributed by atoms with van der Waals surface area (Å²) in [5, 5.41) is 16.0. The van der Waals surface area contributed by atoms with Gasteiger partial charge in [0.1, 0.15) is 12.9 Å². The first-order chi connectivity index (χ1) is 12.4. The van der Waals surface area contributed by atoms with E-state index >= 15 is 0 Å². The highest BCUT2D eigenvalue weighted by molar-refractivity contribution is 7.14. The van der Waals surface area contributed by atoms with Crippen molar-refractivity contribution in [3.63, 3.8) is 0 Å². The van der Waals surface area contributed by atoms with Crippen LogP contribution in [0.1, 0.15) is 50.7 Å². The van der Waals surface area contributed by atoms with E-state index in [1.54, 1.807) is 0 Å². The van der Waals surface area contributed by atoms with E-state index in [1.807, 2.05) is 5.38 Å². The number of benzene rings is 1. The van der Waals surface area contributed by atoms with E-state index in [0.29, 0.717) is 17.0 Å². The zero-order valence-electron chi connectivity index (χ0n) is 15.3. The Balaban J connectivity index is 1.80. The van der Waals surface area contributed by atoms with Crippen molar-refractivity contribution in [2.24, 2.45) is 0 Å². The minimum atomic E-state index is -0.211. The van der Waals surface area contributed by atoms with Gasteiger partial charge >= 0.3 is 0 Å². The molecule has 1 N–H and O–H groups in total. The van der Waals surface area contributed by atoms with Crippen LogP contribution in [-0.4, -0.2) is 31.1 Å². The normalized spacial score (nSPS) is 11.3. The number of hydrogen-bond donors (Lipinski definition) is 1. The molecule has 1 amide bonds. The van der Waals surface area contributed by atoms with Crippen LogP contribution in [0.2, 0.25) is 0 Å². The molecule has 7 nitrogen and oxygen atoms in total. The number of nitrogens with zero attached hydrogens (tertiary/aromatic N) is 5.